The van der Waals surface area contributed by atoms with Crippen LogP contribution < -0.4 is 5.32 Å². The minimum atomic E-state index is 0.436. The Hall–Kier alpha value is 0.690. The highest BCUT2D eigenvalue weighted by atomic mass is 127. The lowest BCUT2D eigenvalue weighted by atomic mass is 9.97. The predicted molar refractivity (Wildman–Crippen MR) is 55.8 cm³/mol. The molecule has 1 N–H and O–H groups in total. The van der Waals surface area contributed by atoms with E-state index in [1.54, 1.807) is 0 Å². The molecule has 0 spiro atoms. The first-order valence-corrected chi connectivity index (χ1v) is 5.35. The fraction of sp³-hybridized carbons (Fsp3) is 1.00. The Labute approximate surface area is 78.1 Å². The number of hydrogen-bond donors (Lipinski definition) is 1. The molecule has 0 heterocycles. The number of rotatable bonds is 4. The van der Waals surface area contributed by atoms with Gasteiger partial charge >= 0.3 is 0 Å². The van der Waals surface area contributed by atoms with Gasteiger partial charge in [-0.15, -0.1) is 0 Å². The third kappa shape index (κ3) is 8.69. The van der Waals surface area contributed by atoms with E-state index < -0.39 is 0 Å². The summed E-state index contributed by atoms with van der Waals surface area (Å²) < 4.78 is 1.26. The Morgan fingerprint density at radius 2 is 1.90 bits per heavy atom. The van der Waals surface area contributed by atoms with E-state index in [4.69, 9.17) is 0 Å². The molecule has 0 saturated carbocycles. The summed E-state index contributed by atoms with van der Waals surface area (Å²) in [5.41, 5.74) is 0.436. The SMILES string of the molecule is CC(C)(C)CNCCCI. The minimum absolute atomic E-state index is 0.436. The predicted octanol–water partition coefficient (Wildman–Crippen LogP) is 2.45. The molecule has 0 aromatic carbocycles. The lowest BCUT2D eigenvalue weighted by Gasteiger charge is -2.18. The molecule has 0 radical (unpaired) electrons. The Balaban J connectivity index is 3.04. The summed E-state index contributed by atoms with van der Waals surface area (Å²) >= 11 is 2.41. The van der Waals surface area contributed by atoms with E-state index in [-0.39, 0.29) is 0 Å². The van der Waals surface area contributed by atoms with Gasteiger partial charge in [-0.05, 0) is 24.9 Å². The average Bonchev–Trinajstić information content (AvgIpc) is 1.78. The van der Waals surface area contributed by atoms with Gasteiger partial charge in [-0.2, -0.15) is 0 Å². The normalized spacial score (nSPS) is 12.0. The molecule has 0 aliphatic carbocycles. The summed E-state index contributed by atoms with van der Waals surface area (Å²) in [5, 5.41) is 3.42. The van der Waals surface area contributed by atoms with Crippen LogP contribution in [0.25, 0.3) is 0 Å². The van der Waals surface area contributed by atoms with Crippen molar-refractivity contribution in [3.8, 4) is 0 Å². The van der Waals surface area contributed by atoms with Crippen LogP contribution in [0.3, 0.4) is 0 Å². The van der Waals surface area contributed by atoms with Crippen molar-refractivity contribution in [3.05, 3.63) is 0 Å². The molecule has 10 heavy (non-hydrogen) atoms. The fourth-order valence-electron chi connectivity index (χ4n) is 0.655. The lowest BCUT2D eigenvalue weighted by Crippen LogP contribution is -2.27. The maximum Gasteiger partial charge on any atom is 0.000735 e. The van der Waals surface area contributed by atoms with Crippen LogP contribution in [0.15, 0.2) is 0 Å². The van der Waals surface area contributed by atoms with Crippen molar-refractivity contribution in [2.24, 2.45) is 5.41 Å². The van der Waals surface area contributed by atoms with Crippen LogP contribution in [0, 0.1) is 5.41 Å². The van der Waals surface area contributed by atoms with E-state index in [0.717, 1.165) is 6.54 Å². The van der Waals surface area contributed by atoms with Gasteiger partial charge in [0.2, 0.25) is 0 Å². The van der Waals surface area contributed by atoms with Crippen molar-refractivity contribution in [2.75, 3.05) is 17.5 Å². The molecule has 0 atom stereocenters. The van der Waals surface area contributed by atoms with Gasteiger partial charge in [-0.3, -0.25) is 0 Å². The standard InChI is InChI=1S/C8H18IN/c1-8(2,3)7-10-6-4-5-9/h10H,4-7H2,1-3H3. The summed E-state index contributed by atoms with van der Waals surface area (Å²) in [6.45, 7) is 9.06. The van der Waals surface area contributed by atoms with Crippen molar-refractivity contribution in [3.63, 3.8) is 0 Å². The van der Waals surface area contributed by atoms with E-state index in [0.29, 0.717) is 5.41 Å². The maximum absolute atomic E-state index is 3.42. The summed E-state index contributed by atoms with van der Waals surface area (Å²) in [7, 11) is 0. The first kappa shape index (κ1) is 10.7. The van der Waals surface area contributed by atoms with Gasteiger partial charge in [0.1, 0.15) is 0 Å². The molecule has 0 amide bonds. The topological polar surface area (TPSA) is 12.0 Å². The molecule has 0 aliphatic rings. The van der Waals surface area contributed by atoms with E-state index in [2.05, 4.69) is 48.7 Å². The molecule has 0 rings (SSSR count). The summed E-state index contributed by atoms with van der Waals surface area (Å²) in [6, 6.07) is 0. The van der Waals surface area contributed by atoms with Crippen LogP contribution in [0.4, 0.5) is 0 Å². The van der Waals surface area contributed by atoms with E-state index in [9.17, 15) is 0 Å². The molecule has 0 aromatic rings. The average molecular weight is 255 g/mol. The van der Waals surface area contributed by atoms with Gasteiger partial charge in [-0.1, -0.05) is 43.4 Å². The second kappa shape index (κ2) is 5.35. The zero-order valence-corrected chi connectivity index (χ0v) is 9.36. The Kier molecular flexibility index (Phi) is 5.72. The second-order valence-corrected chi connectivity index (χ2v) is 4.86. The third-order valence-corrected chi connectivity index (χ3v) is 1.91. The van der Waals surface area contributed by atoms with Gasteiger partial charge in [0.25, 0.3) is 0 Å². The third-order valence-electron chi connectivity index (χ3n) is 1.14. The quantitative estimate of drug-likeness (QED) is 0.462. The molecule has 0 fully saturated rings. The van der Waals surface area contributed by atoms with E-state index in [1.807, 2.05) is 0 Å². The Morgan fingerprint density at radius 3 is 2.30 bits per heavy atom. The van der Waals surface area contributed by atoms with Gasteiger partial charge in [0.05, 0.1) is 0 Å². The van der Waals surface area contributed by atoms with Gasteiger partial charge in [0.15, 0.2) is 0 Å². The van der Waals surface area contributed by atoms with Crippen molar-refractivity contribution < 1.29 is 0 Å². The fourth-order valence-corrected chi connectivity index (χ4v) is 1.04. The Morgan fingerprint density at radius 1 is 1.30 bits per heavy atom. The number of halogens is 1. The highest BCUT2D eigenvalue weighted by Gasteiger charge is 2.07. The van der Waals surface area contributed by atoms with Crippen LogP contribution in [-0.2, 0) is 0 Å². The van der Waals surface area contributed by atoms with Crippen LogP contribution in [0.2, 0.25) is 0 Å². The molecule has 0 aromatic heterocycles. The molecule has 0 aliphatic heterocycles. The number of alkyl halides is 1. The van der Waals surface area contributed by atoms with Crippen LogP contribution in [0.1, 0.15) is 27.2 Å². The first-order valence-electron chi connectivity index (χ1n) is 3.83. The number of hydrogen-bond acceptors (Lipinski definition) is 1. The zero-order valence-electron chi connectivity index (χ0n) is 7.21. The monoisotopic (exact) mass is 255 g/mol. The van der Waals surface area contributed by atoms with Crippen molar-refractivity contribution in [2.45, 2.75) is 27.2 Å². The van der Waals surface area contributed by atoms with Crippen LogP contribution in [-0.4, -0.2) is 17.5 Å². The molecule has 0 saturated heterocycles. The molecular formula is C8H18IN. The smallest absolute Gasteiger partial charge is 0.000735 e. The molecule has 62 valence electrons. The molecule has 0 bridgehead atoms. The lowest BCUT2D eigenvalue weighted by molar-refractivity contribution is 0.381. The largest absolute Gasteiger partial charge is 0.316 e. The van der Waals surface area contributed by atoms with Crippen LogP contribution >= 0.6 is 22.6 Å². The summed E-state index contributed by atoms with van der Waals surface area (Å²) in [4.78, 5) is 0. The van der Waals surface area contributed by atoms with Crippen LogP contribution in [0.5, 0.6) is 0 Å². The van der Waals surface area contributed by atoms with Gasteiger partial charge in [0, 0.05) is 4.43 Å². The molecule has 2 heteroatoms. The van der Waals surface area contributed by atoms with Crippen molar-refractivity contribution in [1.29, 1.82) is 0 Å². The highest BCUT2D eigenvalue weighted by Crippen LogP contribution is 2.09. The molecule has 0 unspecified atom stereocenters. The van der Waals surface area contributed by atoms with Crippen molar-refractivity contribution in [1.82, 2.24) is 5.32 Å². The highest BCUT2D eigenvalue weighted by molar-refractivity contribution is 14.1. The summed E-state index contributed by atoms with van der Waals surface area (Å²) in [5.74, 6) is 0. The van der Waals surface area contributed by atoms with E-state index >= 15 is 0 Å². The number of nitrogens with one attached hydrogen (secondary N) is 1. The maximum atomic E-state index is 3.42. The van der Waals surface area contributed by atoms with Crippen molar-refractivity contribution >= 4 is 22.6 Å². The zero-order chi connectivity index (χ0) is 8.04. The minimum Gasteiger partial charge on any atom is -0.316 e. The molecule has 1 nitrogen and oxygen atoms in total. The Bertz CT molecular complexity index is 75.8. The van der Waals surface area contributed by atoms with E-state index in [1.165, 1.54) is 17.4 Å². The molecular weight excluding hydrogens is 237 g/mol. The second-order valence-electron chi connectivity index (χ2n) is 3.78. The summed E-state index contributed by atoms with van der Waals surface area (Å²) in [6.07, 6.45) is 1.29. The van der Waals surface area contributed by atoms with Gasteiger partial charge < -0.3 is 5.32 Å². The first-order chi connectivity index (χ1) is 4.56. The van der Waals surface area contributed by atoms with Gasteiger partial charge in [-0.25, -0.2) is 0 Å².